The number of para-hydroxylation sites is 1. The first-order valence-corrected chi connectivity index (χ1v) is 7.44. The number of thioether (sulfide) groups is 1. The van der Waals surface area contributed by atoms with Gasteiger partial charge in [0.15, 0.2) is 11.0 Å². The Labute approximate surface area is 134 Å². The van der Waals surface area contributed by atoms with Crippen LogP contribution in [0.15, 0.2) is 60.7 Å². The standard InChI is InChI=1S/C16H12F3NO2S/c17-16(18,19)23-14(13(21)11-7-3-1-4-8-11)15(22)20-12-9-5-2-6-10-12/h1-10,14H,(H,20,22). The van der Waals surface area contributed by atoms with E-state index in [-0.39, 0.29) is 5.56 Å². The SMILES string of the molecule is O=C(Nc1ccccc1)C(SC(F)(F)F)C(=O)c1ccccc1. The van der Waals surface area contributed by atoms with Crippen molar-refractivity contribution < 1.29 is 22.8 Å². The third-order valence-electron chi connectivity index (χ3n) is 2.83. The van der Waals surface area contributed by atoms with Gasteiger partial charge in [-0.3, -0.25) is 9.59 Å². The fourth-order valence-corrected chi connectivity index (χ4v) is 2.52. The average molecular weight is 339 g/mol. The molecule has 120 valence electrons. The zero-order chi connectivity index (χ0) is 16.9. The maximum atomic E-state index is 12.7. The summed E-state index contributed by atoms with van der Waals surface area (Å²) in [5.74, 6) is -1.89. The Balaban J connectivity index is 2.23. The Morgan fingerprint density at radius 1 is 0.913 bits per heavy atom. The number of anilines is 1. The van der Waals surface area contributed by atoms with Crippen LogP contribution in [0.5, 0.6) is 0 Å². The van der Waals surface area contributed by atoms with Gasteiger partial charge in [0.05, 0.1) is 0 Å². The second kappa shape index (κ2) is 7.32. The molecule has 1 atom stereocenters. The van der Waals surface area contributed by atoms with Crippen LogP contribution < -0.4 is 5.32 Å². The van der Waals surface area contributed by atoms with Gasteiger partial charge in [-0.05, 0) is 23.9 Å². The summed E-state index contributed by atoms with van der Waals surface area (Å²) in [7, 11) is 0. The number of amides is 1. The lowest BCUT2D eigenvalue weighted by molar-refractivity contribution is -0.115. The number of benzene rings is 2. The molecule has 0 aliphatic heterocycles. The van der Waals surface area contributed by atoms with E-state index >= 15 is 0 Å². The fraction of sp³-hybridized carbons (Fsp3) is 0.125. The van der Waals surface area contributed by atoms with Crippen molar-refractivity contribution in [3.05, 3.63) is 66.2 Å². The maximum Gasteiger partial charge on any atom is 0.443 e. The lowest BCUT2D eigenvalue weighted by Gasteiger charge is -2.17. The third-order valence-corrected chi connectivity index (χ3v) is 3.76. The number of hydrogen-bond acceptors (Lipinski definition) is 3. The van der Waals surface area contributed by atoms with Crippen molar-refractivity contribution in [3.8, 4) is 0 Å². The van der Waals surface area contributed by atoms with Crippen LogP contribution in [0.3, 0.4) is 0 Å². The first-order chi connectivity index (χ1) is 10.9. The Kier molecular flexibility index (Phi) is 5.44. The molecule has 1 N–H and O–H groups in total. The van der Waals surface area contributed by atoms with Gasteiger partial charge >= 0.3 is 5.51 Å². The summed E-state index contributed by atoms with van der Waals surface area (Å²) in [6.07, 6.45) is 0. The van der Waals surface area contributed by atoms with Gasteiger partial charge in [0, 0.05) is 11.3 Å². The topological polar surface area (TPSA) is 46.2 Å². The Morgan fingerprint density at radius 3 is 1.96 bits per heavy atom. The van der Waals surface area contributed by atoms with E-state index in [1.165, 1.54) is 36.4 Å². The largest absolute Gasteiger partial charge is 0.443 e. The minimum Gasteiger partial charge on any atom is -0.325 e. The van der Waals surface area contributed by atoms with Crippen LogP contribution >= 0.6 is 11.8 Å². The monoisotopic (exact) mass is 339 g/mol. The van der Waals surface area contributed by atoms with Crippen molar-refractivity contribution in [2.75, 3.05) is 5.32 Å². The van der Waals surface area contributed by atoms with Gasteiger partial charge in [-0.25, -0.2) is 0 Å². The first kappa shape index (κ1) is 17.1. The number of Topliss-reactive ketones (excluding diaryl/α,β-unsaturated/α-hetero) is 1. The molecule has 0 aromatic heterocycles. The Morgan fingerprint density at radius 2 is 1.43 bits per heavy atom. The molecule has 23 heavy (non-hydrogen) atoms. The molecule has 1 amide bonds. The molecule has 0 heterocycles. The molecule has 2 aromatic rings. The second-order valence-electron chi connectivity index (χ2n) is 4.53. The van der Waals surface area contributed by atoms with Gasteiger partial charge in [-0.2, -0.15) is 13.2 Å². The van der Waals surface area contributed by atoms with Crippen LogP contribution in [-0.4, -0.2) is 22.4 Å². The van der Waals surface area contributed by atoms with Crippen molar-refractivity contribution in [1.29, 1.82) is 0 Å². The van der Waals surface area contributed by atoms with E-state index in [1.807, 2.05) is 0 Å². The fourth-order valence-electron chi connectivity index (χ4n) is 1.84. The summed E-state index contributed by atoms with van der Waals surface area (Å²) in [4.78, 5) is 24.4. The van der Waals surface area contributed by atoms with Gasteiger partial charge in [-0.15, -0.1) is 0 Å². The van der Waals surface area contributed by atoms with Crippen LogP contribution in [-0.2, 0) is 4.79 Å². The van der Waals surface area contributed by atoms with Crippen molar-refractivity contribution >= 4 is 29.1 Å². The number of carbonyl (C=O) groups excluding carboxylic acids is 2. The van der Waals surface area contributed by atoms with E-state index in [0.29, 0.717) is 5.69 Å². The molecule has 0 aliphatic carbocycles. The Bertz CT molecular complexity index is 675. The highest BCUT2D eigenvalue weighted by molar-refractivity contribution is 8.02. The molecular weight excluding hydrogens is 327 g/mol. The van der Waals surface area contributed by atoms with Gasteiger partial charge in [0.25, 0.3) is 0 Å². The maximum absolute atomic E-state index is 12.7. The number of nitrogens with one attached hydrogen (secondary N) is 1. The molecule has 1 unspecified atom stereocenters. The highest BCUT2D eigenvalue weighted by Crippen LogP contribution is 2.35. The van der Waals surface area contributed by atoms with E-state index in [4.69, 9.17) is 0 Å². The third kappa shape index (κ3) is 5.14. The first-order valence-electron chi connectivity index (χ1n) is 6.56. The molecule has 2 aromatic carbocycles. The number of hydrogen-bond donors (Lipinski definition) is 1. The number of ketones is 1. The molecule has 0 fully saturated rings. The summed E-state index contributed by atoms with van der Waals surface area (Å²) in [6.45, 7) is 0. The minimum absolute atomic E-state index is 0.0532. The van der Waals surface area contributed by atoms with Crippen molar-refractivity contribution in [3.63, 3.8) is 0 Å². The van der Waals surface area contributed by atoms with Crippen LogP contribution in [0.2, 0.25) is 0 Å². The van der Waals surface area contributed by atoms with E-state index in [0.717, 1.165) is 0 Å². The van der Waals surface area contributed by atoms with Crippen molar-refractivity contribution in [2.45, 2.75) is 10.8 Å². The normalized spacial score (nSPS) is 12.5. The van der Waals surface area contributed by atoms with E-state index in [2.05, 4.69) is 5.32 Å². The summed E-state index contributed by atoms with van der Waals surface area (Å²) in [5.41, 5.74) is -4.33. The summed E-state index contributed by atoms with van der Waals surface area (Å²) >= 11 is -0.629. The molecule has 0 bridgehead atoms. The predicted molar refractivity (Wildman–Crippen MR) is 83.3 cm³/mol. The number of carbonyl (C=O) groups is 2. The lowest BCUT2D eigenvalue weighted by Crippen LogP contribution is -2.34. The predicted octanol–water partition coefficient (Wildman–Crippen LogP) is 4.13. The molecule has 0 spiro atoms. The number of halogens is 3. The average Bonchev–Trinajstić information content (AvgIpc) is 2.53. The van der Waals surface area contributed by atoms with E-state index in [9.17, 15) is 22.8 Å². The zero-order valence-corrected chi connectivity index (χ0v) is 12.5. The van der Waals surface area contributed by atoms with Crippen LogP contribution in [0.4, 0.5) is 18.9 Å². The van der Waals surface area contributed by atoms with Gasteiger partial charge < -0.3 is 5.32 Å². The van der Waals surface area contributed by atoms with E-state index < -0.39 is 34.2 Å². The zero-order valence-electron chi connectivity index (χ0n) is 11.7. The van der Waals surface area contributed by atoms with Crippen LogP contribution in [0.1, 0.15) is 10.4 Å². The van der Waals surface area contributed by atoms with Crippen LogP contribution in [0, 0.1) is 0 Å². The molecule has 2 rings (SSSR count). The highest BCUT2D eigenvalue weighted by Gasteiger charge is 2.40. The minimum atomic E-state index is -4.71. The quantitative estimate of drug-likeness (QED) is 0.658. The lowest BCUT2D eigenvalue weighted by atomic mass is 10.1. The summed E-state index contributed by atoms with van der Waals surface area (Å²) < 4.78 is 38.1. The van der Waals surface area contributed by atoms with Gasteiger partial charge in [0.1, 0.15) is 0 Å². The molecule has 7 heteroatoms. The molecule has 3 nitrogen and oxygen atoms in total. The molecule has 0 saturated carbocycles. The van der Waals surface area contributed by atoms with Gasteiger partial charge in [-0.1, -0.05) is 48.5 Å². The smallest absolute Gasteiger partial charge is 0.325 e. The molecule has 0 aliphatic rings. The number of rotatable bonds is 5. The molecular formula is C16H12F3NO2S. The Hall–Kier alpha value is -2.28. The van der Waals surface area contributed by atoms with Crippen molar-refractivity contribution in [2.24, 2.45) is 0 Å². The summed E-state index contributed by atoms with van der Waals surface area (Å²) in [5, 5.41) is 0.430. The van der Waals surface area contributed by atoms with Crippen molar-refractivity contribution in [1.82, 2.24) is 0 Å². The molecule has 0 radical (unpaired) electrons. The van der Waals surface area contributed by atoms with E-state index in [1.54, 1.807) is 24.3 Å². The summed E-state index contributed by atoms with van der Waals surface area (Å²) in [6, 6.07) is 15.4. The van der Waals surface area contributed by atoms with Crippen LogP contribution in [0.25, 0.3) is 0 Å². The molecule has 0 saturated heterocycles. The number of alkyl halides is 3. The highest BCUT2D eigenvalue weighted by atomic mass is 32.2. The van der Waals surface area contributed by atoms with Gasteiger partial charge in [0.2, 0.25) is 5.91 Å². The second-order valence-corrected chi connectivity index (χ2v) is 5.70.